The number of rotatable bonds is 23. The maximum Gasteiger partial charge on any atom is 0.254 e. The number of ether oxygens (including phenoxy) is 3. The molecule has 4 N–H and O–H groups in total. The number of carbonyl (C=O) groups is 3. The van der Waals surface area contributed by atoms with Crippen LogP contribution in [0.15, 0.2) is 99.7 Å². The Balaban J connectivity index is 0.801. The summed E-state index contributed by atoms with van der Waals surface area (Å²) in [5, 5.41) is 24.7. The van der Waals surface area contributed by atoms with Crippen LogP contribution in [0.2, 0.25) is 0 Å². The van der Waals surface area contributed by atoms with E-state index in [1.807, 2.05) is 75.7 Å². The van der Waals surface area contributed by atoms with Crippen molar-refractivity contribution in [3.05, 3.63) is 123 Å². The standard InChI is InChI=1S/C61H79N7O8S/c1-10-67(48-23-27-73-28-24-48)53-31-47(30-51(40(53)6)59(70)62-34-52-38(4)29-39(5)64-42(52)8)45-19-21-50(22-20-45)74-25-13-11-12-14-26-75-56-33-55(76-66-56)57(37(2)3)61(72)68-35-49(69)32-54(68)60(71)65-41(7)44-15-17-46(18-16-44)58-43(9)63-36-77-58/h15-22,29-31,33,36-37,41-42,48-49,54,57,64,69H,10-14,23-28,32,34-35H2,1-9H3,(H,62,70)(H,65,71)/t41-,42?,49+,54-,57?/m0/s1. The highest BCUT2D eigenvalue weighted by Gasteiger charge is 2.43. The van der Waals surface area contributed by atoms with Crippen LogP contribution in [0.3, 0.4) is 0 Å². The van der Waals surface area contributed by atoms with Gasteiger partial charge in [0, 0.05) is 74.4 Å². The number of allylic oxidation sites excluding steroid dienone is 3. The Labute approximate surface area is 458 Å². The molecule has 8 rings (SSSR count). The van der Waals surface area contributed by atoms with Crippen molar-refractivity contribution < 1.29 is 38.2 Å². The summed E-state index contributed by atoms with van der Waals surface area (Å²) in [4.78, 5) is 51.4. The van der Waals surface area contributed by atoms with E-state index >= 15 is 0 Å². The molecule has 2 saturated heterocycles. The lowest BCUT2D eigenvalue weighted by Crippen LogP contribution is -2.48. The number of dihydropyridines is 1. The molecule has 3 amide bonds. The van der Waals surface area contributed by atoms with E-state index in [-0.39, 0.29) is 48.7 Å². The van der Waals surface area contributed by atoms with Crippen LogP contribution in [0.25, 0.3) is 21.6 Å². The van der Waals surface area contributed by atoms with Gasteiger partial charge in [-0.3, -0.25) is 14.4 Å². The second-order valence-electron chi connectivity index (χ2n) is 21.3. The van der Waals surface area contributed by atoms with Gasteiger partial charge in [-0.25, -0.2) is 4.98 Å². The number of aryl methyl sites for hydroxylation is 1. The SMILES string of the molecule is CCN(c1cc(-c2ccc(OCCCCCCOc3cc(C(C(=O)N4C[C@H](O)C[C@H]4C(=O)N[C@@H](C)c4ccc(-c5scnc5C)cc4)C(C)C)on3)cc2)cc(C(=O)NCC2=C(C)C=C(C)NC2C)c1C)C1CCOCC1. The summed E-state index contributed by atoms with van der Waals surface area (Å²) in [6.45, 7) is 22.1. The summed E-state index contributed by atoms with van der Waals surface area (Å²) < 4.78 is 23.6. The molecular weight excluding hydrogens is 991 g/mol. The second kappa shape index (κ2) is 26.2. The van der Waals surface area contributed by atoms with Crippen LogP contribution < -0.4 is 30.3 Å². The van der Waals surface area contributed by atoms with Gasteiger partial charge in [0.2, 0.25) is 11.8 Å². The number of β-amino-alcohol motifs (C(OH)–C–C–N with tert-alkyl or cyclic N) is 1. The van der Waals surface area contributed by atoms with E-state index in [1.165, 1.54) is 16.0 Å². The van der Waals surface area contributed by atoms with Gasteiger partial charge in [-0.05, 0) is 167 Å². The smallest absolute Gasteiger partial charge is 0.254 e. The predicted molar refractivity (Wildman–Crippen MR) is 303 cm³/mol. The number of benzene rings is 3. The number of amides is 3. The van der Waals surface area contributed by atoms with Gasteiger partial charge in [0.1, 0.15) is 17.7 Å². The van der Waals surface area contributed by atoms with Crippen LogP contribution in [0.5, 0.6) is 11.6 Å². The normalized spacial score (nSPS) is 18.7. The topological polar surface area (TPSA) is 181 Å². The van der Waals surface area contributed by atoms with Crippen molar-refractivity contribution in [1.82, 2.24) is 31.0 Å². The molecule has 3 aliphatic rings. The molecule has 0 saturated carbocycles. The van der Waals surface area contributed by atoms with Crippen molar-refractivity contribution >= 4 is 34.7 Å². The van der Waals surface area contributed by atoms with Gasteiger partial charge in [0.25, 0.3) is 11.8 Å². The molecule has 0 bridgehead atoms. The summed E-state index contributed by atoms with van der Waals surface area (Å²) in [6, 6.07) is 21.4. The zero-order chi connectivity index (χ0) is 54.8. The molecule has 16 heteroatoms. The first-order valence-electron chi connectivity index (χ1n) is 27.6. The minimum Gasteiger partial charge on any atom is -0.494 e. The largest absolute Gasteiger partial charge is 0.494 e. The second-order valence-corrected chi connectivity index (χ2v) is 22.2. The Hall–Kier alpha value is -6.49. The number of aromatic nitrogens is 2. The molecule has 5 atom stereocenters. The number of hydrogen-bond acceptors (Lipinski definition) is 13. The molecule has 2 unspecified atom stereocenters. The van der Waals surface area contributed by atoms with Crippen molar-refractivity contribution in [2.24, 2.45) is 5.92 Å². The van der Waals surface area contributed by atoms with Gasteiger partial charge < -0.3 is 49.6 Å². The average molecular weight is 1070 g/mol. The zero-order valence-corrected chi connectivity index (χ0v) is 47.3. The number of aliphatic hydroxyl groups is 1. The van der Waals surface area contributed by atoms with Crippen molar-refractivity contribution in [1.29, 1.82) is 0 Å². The monoisotopic (exact) mass is 1070 g/mol. The molecule has 0 radical (unpaired) electrons. The summed E-state index contributed by atoms with van der Waals surface area (Å²) in [6.07, 6.45) is 6.90. The van der Waals surface area contributed by atoms with Gasteiger partial charge in [-0.2, -0.15) is 0 Å². The average Bonchev–Trinajstić information content (AvgIpc) is 4.17. The van der Waals surface area contributed by atoms with Gasteiger partial charge in [0.15, 0.2) is 5.76 Å². The predicted octanol–water partition coefficient (Wildman–Crippen LogP) is 10.6. The van der Waals surface area contributed by atoms with Crippen molar-refractivity contribution in [2.75, 3.05) is 51.0 Å². The highest BCUT2D eigenvalue weighted by atomic mass is 32.1. The van der Waals surface area contributed by atoms with Crippen LogP contribution in [0.4, 0.5) is 5.69 Å². The Morgan fingerprint density at radius 2 is 1.61 bits per heavy atom. The fourth-order valence-electron chi connectivity index (χ4n) is 11.1. The fourth-order valence-corrected chi connectivity index (χ4v) is 11.9. The van der Waals surface area contributed by atoms with Crippen LogP contribution in [0.1, 0.15) is 138 Å². The summed E-state index contributed by atoms with van der Waals surface area (Å²) in [7, 11) is 0. The lowest BCUT2D eigenvalue weighted by atomic mass is 9.91. The maximum absolute atomic E-state index is 14.2. The van der Waals surface area contributed by atoms with Crippen LogP contribution in [-0.2, 0) is 14.3 Å². The van der Waals surface area contributed by atoms with Gasteiger partial charge >= 0.3 is 0 Å². The minimum atomic E-state index is -0.831. The molecule has 5 aromatic rings. The first-order chi connectivity index (χ1) is 37.1. The molecule has 412 valence electrons. The number of carbonyl (C=O) groups excluding carboxylic acids is 3. The Bertz CT molecular complexity index is 2870. The van der Waals surface area contributed by atoms with Crippen LogP contribution in [0, 0.1) is 19.8 Å². The van der Waals surface area contributed by atoms with Gasteiger partial charge in [-0.1, -0.05) is 50.2 Å². The third-order valence-corrected chi connectivity index (χ3v) is 16.4. The lowest BCUT2D eigenvalue weighted by Gasteiger charge is -2.37. The number of hydrogen-bond donors (Lipinski definition) is 4. The summed E-state index contributed by atoms with van der Waals surface area (Å²) in [5.41, 5.74) is 13.0. The van der Waals surface area contributed by atoms with E-state index in [2.05, 4.69) is 89.9 Å². The lowest BCUT2D eigenvalue weighted by molar-refractivity contribution is -0.141. The number of thiazole rings is 1. The third kappa shape index (κ3) is 14.0. The first-order valence-corrected chi connectivity index (χ1v) is 28.5. The van der Waals surface area contributed by atoms with E-state index in [4.69, 9.17) is 18.7 Å². The van der Waals surface area contributed by atoms with E-state index in [9.17, 15) is 19.5 Å². The molecule has 15 nitrogen and oxygen atoms in total. The highest BCUT2D eigenvalue weighted by molar-refractivity contribution is 7.13. The molecule has 5 heterocycles. The zero-order valence-electron chi connectivity index (χ0n) is 46.4. The highest BCUT2D eigenvalue weighted by Crippen LogP contribution is 2.36. The van der Waals surface area contributed by atoms with E-state index in [0.717, 1.165) is 114 Å². The van der Waals surface area contributed by atoms with Crippen LogP contribution in [-0.4, -0.2) is 108 Å². The number of nitrogens with one attached hydrogen (secondary N) is 3. The van der Waals surface area contributed by atoms with Crippen molar-refractivity contribution in [2.45, 2.75) is 143 Å². The summed E-state index contributed by atoms with van der Waals surface area (Å²) >= 11 is 1.59. The number of anilines is 1. The molecule has 0 aliphatic carbocycles. The molecular formula is C61H79N7O8S. The Kier molecular flexibility index (Phi) is 19.3. The quantitative estimate of drug-likeness (QED) is 0.0456. The Morgan fingerprint density at radius 1 is 0.909 bits per heavy atom. The van der Waals surface area contributed by atoms with Crippen LogP contribution >= 0.6 is 11.3 Å². The Morgan fingerprint density at radius 3 is 2.27 bits per heavy atom. The fraction of sp³-hybridized carbons (Fsp3) is 0.492. The van der Waals surface area contributed by atoms with Crippen molar-refractivity contribution in [3.63, 3.8) is 0 Å². The molecule has 0 spiro atoms. The molecule has 3 aromatic carbocycles. The molecule has 2 fully saturated rings. The number of likely N-dealkylation sites (tertiary alicyclic amines) is 1. The number of aliphatic hydroxyl groups excluding tert-OH is 1. The maximum atomic E-state index is 14.2. The van der Waals surface area contributed by atoms with E-state index in [0.29, 0.717) is 43.0 Å². The van der Waals surface area contributed by atoms with Gasteiger partial charge in [-0.15, -0.1) is 11.3 Å². The number of nitrogens with zero attached hydrogens (tertiary/aromatic N) is 4. The third-order valence-electron chi connectivity index (χ3n) is 15.4. The van der Waals surface area contributed by atoms with E-state index < -0.39 is 18.1 Å². The minimum absolute atomic E-state index is 0.0511. The molecule has 2 aromatic heterocycles. The first kappa shape index (κ1) is 56.7. The number of unbranched alkanes of at least 4 members (excludes halogenated alkanes) is 3. The summed E-state index contributed by atoms with van der Waals surface area (Å²) in [5.74, 6) is -0.142. The van der Waals surface area contributed by atoms with Crippen molar-refractivity contribution in [3.8, 4) is 33.2 Å². The molecule has 3 aliphatic heterocycles. The van der Waals surface area contributed by atoms with Gasteiger partial charge in [0.05, 0.1) is 41.4 Å². The molecule has 77 heavy (non-hydrogen) atoms. The van der Waals surface area contributed by atoms with E-state index in [1.54, 1.807) is 17.4 Å².